The van der Waals surface area contributed by atoms with Crippen molar-refractivity contribution in [2.75, 3.05) is 18.4 Å². The SMILES string of the molecule is C[C@H](C(=O)Nc1cc(F)ccc1F)N1CCCCCC1. The summed E-state index contributed by atoms with van der Waals surface area (Å²) in [7, 11) is 0. The van der Waals surface area contributed by atoms with E-state index < -0.39 is 11.6 Å². The summed E-state index contributed by atoms with van der Waals surface area (Å²) in [4.78, 5) is 14.2. The van der Waals surface area contributed by atoms with E-state index in [9.17, 15) is 13.6 Å². The zero-order chi connectivity index (χ0) is 14.5. The van der Waals surface area contributed by atoms with Crippen molar-refractivity contribution in [2.45, 2.75) is 38.6 Å². The molecule has 3 nitrogen and oxygen atoms in total. The van der Waals surface area contributed by atoms with Gasteiger partial charge in [0.15, 0.2) is 0 Å². The Labute approximate surface area is 118 Å². The molecule has 5 heteroatoms. The van der Waals surface area contributed by atoms with Gasteiger partial charge in [0, 0.05) is 6.07 Å². The fourth-order valence-corrected chi connectivity index (χ4v) is 2.48. The molecular weight excluding hydrogens is 262 g/mol. The number of anilines is 1. The van der Waals surface area contributed by atoms with Crippen molar-refractivity contribution in [3.8, 4) is 0 Å². The van der Waals surface area contributed by atoms with Gasteiger partial charge in [0.2, 0.25) is 5.91 Å². The van der Waals surface area contributed by atoms with Crippen molar-refractivity contribution in [1.29, 1.82) is 0 Å². The summed E-state index contributed by atoms with van der Waals surface area (Å²) in [6.45, 7) is 3.55. The first-order valence-electron chi connectivity index (χ1n) is 7.08. The number of halogens is 2. The highest BCUT2D eigenvalue weighted by Gasteiger charge is 2.22. The van der Waals surface area contributed by atoms with Gasteiger partial charge in [-0.25, -0.2) is 8.78 Å². The third-order valence-corrected chi connectivity index (χ3v) is 3.75. The second-order valence-corrected chi connectivity index (χ2v) is 5.24. The Bertz CT molecular complexity index is 471. The topological polar surface area (TPSA) is 32.3 Å². The number of carbonyl (C=O) groups is 1. The van der Waals surface area contributed by atoms with Crippen molar-refractivity contribution < 1.29 is 13.6 Å². The minimum atomic E-state index is -0.622. The van der Waals surface area contributed by atoms with Crippen LogP contribution in [0.3, 0.4) is 0 Å². The summed E-state index contributed by atoms with van der Waals surface area (Å²) < 4.78 is 26.6. The summed E-state index contributed by atoms with van der Waals surface area (Å²) in [6.07, 6.45) is 4.52. The Morgan fingerprint density at radius 1 is 1.20 bits per heavy atom. The zero-order valence-electron chi connectivity index (χ0n) is 11.7. The summed E-state index contributed by atoms with van der Waals surface area (Å²) in [5, 5.41) is 2.47. The lowest BCUT2D eigenvalue weighted by Gasteiger charge is -2.26. The van der Waals surface area contributed by atoms with Gasteiger partial charge in [0.1, 0.15) is 11.6 Å². The van der Waals surface area contributed by atoms with Crippen LogP contribution >= 0.6 is 0 Å². The molecule has 0 radical (unpaired) electrons. The van der Waals surface area contributed by atoms with E-state index in [1.165, 1.54) is 12.8 Å². The second kappa shape index (κ2) is 6.79. The lowest BCUT2D eigenvalue weighted by molar-refractivity contribution is -0.120. The molecule has 0 aromatic heterocycles. The molecule has 0 spiro atoms. The molecule has 1 aliphatic rings. The number of nitrogens with zero attached hydrogens (tertiary/aromatic N) is 1. The molecule has 1 aromatic rings. The van der Waals surface area contributed by atoms with Gasteiger partial charge in [0.05, 0.1) is 11.7 Å². The largest absolute Gasteiger partial charge is 0.322 e. The van der Waals surface area contributed by atoms with Crippen LogP contribution in [0.2, 0.25) is 0 Å². The average molecular weight is 282 g/mol. The molecule has 2 rings (SSSR count). The standard InChI is InChI=1S/C15H20F2N2O/c1-11(19-8-4-2-3-5-9-19)15(20)18-14-10-12(16)6-7-13(14)17/h6-7,10-11H,2-5,8-9H2,1H3,(H,18,20)/t11-/m1/s1. The van der Waals surface area contributed by atoms with Gasteiger partial charge in [0.25, 0.3) is 0 Å². The second-order valence-electron chi connectivity index (χ2n) is 5.24. The average Bonchev–Trinajstić information content (AvgIpc) is 2.71. The number of carbonyl (C=O) groups excluding carboxylic acids is 1. The molecule has 110 valence electrons. The fourth-order valence-electron chi connectivity index (χ4n) is 2.48. The summed E-state index contributed by atoms with van der Waals surface area (Å²) in [5.41, 5.74) is -0.100. The van der Waals surface area contributed by atoms with Crippen molar-refractivity contribution >= 4 is 11.6 Å². The smallest absolute Gasteiger partial charge is 0.241 e. The van der Waals surface area contributed by atoms with Crippen molar-refractivity contribution in [1.82, 2.24) is 4.90 Å². The molecule has 1 heterocycles. The van der Waals surface area contributed by atoms with E-state index in [1.54, 1.807) is 6.92 Å². The first kappa shape index (κ1) is 14.9. The summed E-state index contributed by atoms with van der Waals surface area (Å²) in [6, 6.07) is 2.71. The molecular formula is C15H20F2N2O. The fraction of sp³-hybridized carbons (Fsp3) is 0.533. The van der Waals surface area contributed by atoms with Crippen LogP contribution in [0, 0.1) is 11.6 Å². The molecule has 0 aliphatic carbocycles. The number of hydrogen-bond donors (Lipinski definition) is 1. The van der Waals surface area contributed by atoms with E-state index in [2.05, 4.69) is 10.2 Å². The van der Waals surface area contributed by atoms with Crippen LogP contribution in [0.1, 0.15) is 32.6 Å². The first-order chi connectivity index (χ1) is 9.58. The van der Waals surface area contributed by atoms with E-state index >= 15 is 0 Å². The number of amides is 1. The van der Waals surface area contributed by atoms with Crippen LogP contribution in [-0.2, 0) is 4.79 Å². The van der Waals surface area contributed by atoms with Crippen LogP contribution in [0.4, 0.5) is 14.5 Å². The van der Waals surface area contributed by atoms with Crippen LogP contribution in [-0.4, -0.2) is 29.9 Å². The molecule has 0 unspecified atom stereocenters. The van der Waals surface area contributed by atoms with E-state index in [1.807, 2.05) is 0 Å². The molecule has 0 saturated carbocycles. The monoisotopic (exact) mass is 282 g/mol. The number of nitrogens with one attached hydrogen (secondary N) is 1. The highest BCUT2D eigenvalue weighted by atomic mass is 19.1. The van der Waals surface area contributed by atoms with Gasteiger partial charge in [-0.1, -0.05) is 12.8 Å². The Morgan fingerprint density at radius 3 is 2.50 bits per heavy atom. The maximum atomic E-state index is 13.5. The number of likely N-dealkylation sites (tertiary alicyclic amines) is 1. The zero-order valence-corrected chi connectivity index (χ0v) is 11.7. The van der Waals surface area contributed by atoms with Crippen molar-refractivity contribution in [2.24, 2.45) is 0 Å². The lowest BCUT2D eigenvalue weighted by atomic mass is 10.2. The predicted octanol–water partition coefficient (Wildman–Crippen LogP) is 3.17. The van der Waals surface area contributed by atoms with Crippen molar-refractivity contribution in [3.05, 3.63) is 29.8 Å². The summed E-state index contributed by atoms with van der Waals surface area (Å²) in [5.74, 6) is -1.48. The molecule has 1 aliphatic heterocycles. The number of hydrogen-bond acceptors (Lipinski definition) is 2. The molecule has 0 bridgehead atoms. The molecule has 1 aromatic carbocycles. The maximum absolute atomic E-state index is 13.5. The molecule has 1 atom stereocenters. The first-order valence-corrected chi connectivity index (χ1v) is 7.08. The molecule has 20 heavy (non-hydrogen) atoms. The Balaban J connectivity index is 2.01. The minimum Gasteiger partial charge on any atom is -0.322 e. The van der Waals surface area contributed by atoms with Gasteiger partial charge < -0.3 is 5.32 Å². The van der Waals surface area contributed by atoms with Crippen LogP contribution in [0.15, 0.2) is 18.2 Å². The Hall–Kier alpha value is -1.49. The normalized spacial score (nSPS) is 18.4. The quantitative estimate of drug-likeness (QED) is 0.923. The van der Waals surface area contributed by atoms with E-state index in [0.717, 1.165) is 44.1 Å². The minimum absolute atomic E-state index is 0.100. The molecule has 1 saturated heterocycles. The highest BCUT2D eigenvalue weighted by Crippen LogP contribution is 2.17. The highest BCUT2D eigenvalue weighted by molar-refractivity contribution is 5.94. The van der Waals surface area contributed by atoms with E-state index in [0.29, 0.717) is 0 Å². The van der Waals surface area contributed by atoms with Gasteiger partial charge >= 0.3 is 0 Å². The number of benzene rings is 1. The van der Waals surface area contributed by atoms with Crippen molar-refractivity contribution in [3.63, 3.8) is 0 Å². The van der Waals surface area contributed by atoms with Crippen LogP contribution < -0.4 is 5.32 Å². The van der Waals surface area contributed by atoms with Gasteiger partial charge in [-0.3, -0.25) is 9.69 Å². The van der Waals surface area contributed by atoms with Gasteiger partial charge in [-0.15, -0.1) is 0 Å². The van der Waals surface area contributed by atoms with E-state index in [4.69, 9.17) is 0 Å². The lowest BCUT2D eigenvalue weighted by Crippen LogP contribution is -2.42. The van der Waals surface area contributed by atoms with Gasteiger partial charge in [-0.05, 0) is 45.0 Å². The Morgan fingerprint density at radius 2 is 1.85 bits per heavy atom. The molecule has 1 amide bonds. The molecule has 1 N–H and O–H groups in total. The summed E-state index contributed by atoms with van der Waals surface area (Å²) >= 11 is 0. The van der Waals surface area contributed by atoms with Gasteiger partial charge in [-0.2, -0.15) is 0 Å². The van der Waals surface area contributed by atoms with E-state index in [-0.39, 0.29) is 17.6 Å². The third-order valence-electron chi connectivity index (χ3n) is 3.75. The Kier molecular flexibility index (Phi) is 5.06. The maximum Gasteiger partial charge on any atom is 0.241 e. The number of rotatable bonds is 3. The van der Waals surface area contributed by atoms with Crippen LogP contribution in [0.5, 0.6) is 0 Å². The van der Waals surface area contributed by atoms with Crippen LogP contribution in [0.25, 0.3) is 0 Å². The molecule has 1 fully saturated rings. The third kappa shape index (κ3) is 3.76. The predicted molar refractivity (Wildman–Crippen MR) is 74.5 cm³/mol.